The minimum absolute atomic E-state index is 0. The zero-order valence-corrected chi connectivity index (χ0v) is 18.7. The van der Waals surface area contributed by atoms with Gasteiger partial charge in [0.15, 0.2) is 5.96 Å². The number of hydrogen-bond donors (Lipinski definition) is 1. The van der Waals surface area contributed by atoms with Crippen LogP contribution < -0.4 is 10.2 Å². The number of halogens is 2. The molecule has 1 saturated heterocycles. The van der Waals surface area contributed by atoms with Gasteiger partial charge < -0.3 is 19.9 Å². The number of nitrogens with one attached hydrogen (secondary N) is 1. The van der Waals surface area contributed by atoms with Gasteiger partial charge in [-0.3, -0.25) is 0 Å². The van der Waals surface area contributed by atoms with Gasteiger partial charge in [0.05, 0.1) is 25.4 Å². The number of aliphatic imine (C=N–C) groups is 1. The predicted molar refractivity (Wildman–Crippen MR) is 122 cm³/mol. The molecular formula is C20H32FIN4O. The average molecular weight is 490 g/mol. The number of morpholine rings is 1. The van der Waals surface area contributed by atoms with E-state index in [2.05, 4.69) is 21.8 Å². The van der Waals surface area contributed by atoms with Crippen LogP contribution in [0.1, 0.15) is 25.3 Å². The molecule has 1 aromatic rings. The maximum Gasteiger partial charge on any atom is 0.193 e. The summed E-state index contributed by atoms with van der Waals surface area (Å²) in [5.41, 5.74) is 1.52. The van der Waals surface area contributed by atoms with Gasteiger partial charge in [0, 0.05) is 33.2 Å². The number of rotatable bonds is 8. The lowest BCUT2D eigenvalue weighted by atomic mass is 10.1. The molecule has 0 aromatic heterocycles. The summed E-state index contributed by atoms with van der Waals surface area (Å²) in [6, 6.07) is 5.40. The minimum Gasteiger partial charge on any atom is -0.378 e. The molecule has 1 aliphatic heterocycles. The molecule has 1 fully saturated rings. The van der Waals surface area contributed by atoms with Crippen LogP contribution in [0.5, 0.6) is 0 Å². The van der Waals surface area contributed by atoms with E-state index in [-0.39, 0.29) is 29.8 Å². The second-order valence-corrected chi connectivity index (χ2v) is 6.41. The second kappa shape index (κ2) is 12.9. The van der Waals surface area contributed by atoms with Gasteiger partial charge >= 0.3 is 0 Å². The molecule has 0 radical (unpaired) electrons. The van der Waals surface area contributed by atoms with Crippen LogP contribution >= 0.6 is 24.0 Å². The van der Waals surface area contributed by atoms with Crippen LogP contribution in [0, 0.1) is 5.82 Å². The highest BCUT2D eigenvalue weighted by Gasteiger charge is 2.15. The smallest absolute Gasteiger partial charge is 0.193 e. The van der Waals surface area contributed by atoms with Crippen LogP contribution in [0.3, 0.4) is 0 Å². The Balaban J connectivity index is 0.00000364. The van der Waals surface area contributed by atoms with E-state index in [4.69, 9.17) is 4.74 Å². The number of nitrogens with zero attached hydrogens (tertiary/aromatic N) is 3. The summed E-state index contributed by atoms with van der Waals surface area (Å²) in [7, 11) is 2.02. The first kappa shape index (κ1) is 23.7. The Labute approximate surface area is 179 Å². The summed E-state index contributed by atoms with van der Waals surface area (Å²) in [5, 5.41) is 3.29. The molecule has 0 bridgehead atoms. The van der Waals surface area contributed by atoms with Crippen LogP contribution in [0.25, 0.3) is 0 Å². The van der Waals surface area contributed by atoms with Gasteiger partial charge in [-0.05, 0) is 37.5 Å². The fourth-order valence-corrected chi connectivity index (χ4v) is 2.92. The van der Waals surface area contributed by atoms with Gasteiger partial charge in [0.1, 0.15) is 5.82 Å². The number of hydrogen-bond acceptors (Lipinski definition) is 3. The first-order valence-electron chi connectivity index (χ1n) is 9.37. The average Bonchev–Trinajstić information content (AvgIpc) is 2.66. The van der Waals surface area contributed by atoms with Gasteiger partial charge in [0.25, 0.3) is 0 Å². The Bertz CT molecular complexity index is 606. The molecule has 0 saturated carbocycles. The molecule has 1 aliphatic rings. The van der Waals surface area contributed by atoms with Crippen molar-refractivity contribution in [3.05, 3.63) is 42.2 Å². The van der Waals surface area contributed by atoms with Crippen molar-refractivity contribution in [2.45, 2.75) is 26.3 Å². The lowest BCUT2D eigenvalue weighted by molar-refractivity contribution is 0.122. The second-order valence-electron chi connectivity index (χ2n) is 6.41. The van der Waals surface area contributed by atoms with Crippen molar-refractivity contribution >= 4 is 35.6 Å². The van der Waals surface area contributed by atoms with E-state index in [1.165, 1.54) is 0 Å². The molecule has 1 aromatic carbocycles. The molecule has 5 nitrogen and oxygen atoms in total. The minimum atomic E-state index is -0.191. The van der Waals surface area contributed by atoms with E-state index in [0.717, 1.165) is 50.5 Å². The first-order chi connectivity index (χ1) is 12.7. The van der Waals surface area contributed by atoms with Crippen LogP contribution in [0.4, 0.5) is 10.1 Å². The SMILES string of the molecule is C=CCCCN(C)C(=NCc1ccc(N2CCOCC2)c(F)c1)NCC.I. The van der Waals surface area contributed by atoms with E-state index in [9.17, 15) is 4.39 Å². The van der Waals surface area contributed by atoms with Crippen LogP contribution in [-0.2, 0) is 11.3 Å². The topological polar surface area (TPSA) is 40.1 Å². The van der Waals surface area contributed by atoms with E-state index in [1.807, 2.05) is 37.1 Å². The van der Waals surface area contributed by atoms with E-state index in [1.54, 1.807) is 6.07 Å². The summed E-state index contributed by atoms with van der Waals surface area (Å²) < 4.78 is 19.8. The van der Waals surface area contributed by atoms with Gasteiger partial charge in [-0.15, -0.1) is 30.6 Å². The number of anilines is 1. The molecule has 0 spiro atoms. The van der Waals surface area contributed by atoms with Crippen molar-refractivity contribution in [3.63, 3.8) is 0 Å². The van der Waals surface area contributed by atoms with Crippen molar-refractivity contribution in [1.82, 2.24) is 10.2 Å². The zero-order chi connectivity index (χ0) is 18.8. The van der Waals surface area contributed by atoms with Gasteiger partial charge in [-0.25, -0.2) is 9.38 Å². The third-order valence-electron chi connectivity index (χ3n) is 4.37. The zero-order valence-electron chi connectivity index (χ0n) is 16.4. The molecule has 1 heterocycles. The molecule has 1 N–H and O–H groups in total. The molecule has 152 valence electrons. The van der Waals surface area contributed by atoms with Crippen molar-refractivity contribution in [3.8, 4) is 0 Å². The predicted octanol–water partition coefficient (Wildman–Crippen LogP) is 3.64. The largest absolute Gasteiger partial charge is 0.378 e. The maximum atomic E-state index is 14.5. The van der Waals surface area contributed by atoms with E-state index < -0.39 is 0 Å². The summed E-state index contributed by atoms with van der Waals surface area (Å²) in [5.74, 6) is 0.651. The molecule has 0 aliphatic carbocycles. The molecule has 27 heavy (non-hydrogen) atoms. The lowest BCUT2D eigenvalue weighted by Crippen LogP contribution is -2.39. The molecule has 0 amide bonds. The number of ether oxygens (including phenoxy) is 1. The molecule has 0 atom stereocenters. The monoisotopic (exact) mass is 490 g/mol. The first-order valence-corrected chi connectivity index (χ1v) is 9.37. The lowest BCUT2D eigenvalue weighted by Gasteiger charge is -2.29. The fraction of sp³-hybridized carbons (Fsp3) is 0.550. The number of allylic oxidation sites excluding steroid dienone is 1. The number of unbranched alkanes of at least 4 members (excludes halogenated alkanes) is 1. The van der Waals surface area contributed by atoms with Crippen molar-refractivity contribution in [2.24, 2.45) is 4.99 Å². The highest BCUT2D eigenvalue weighted by atomic mass is 127. The molecule has 0 unspecified atom stereocenters. The maximum absolute atomic E-state index is 14.5. The number of guanidine groups is 1. The Kier molecular flexibility index (Phi) is 11.3. The van der Waals surface area contributed by atoms with Crippen molar-refractivity contribution in [2.75, 3.05) is 51.3 Å². The quantitative estimate of drug-likeness (QED) is 0.199. The Morgan fingerprint density at radius 2 is 2.15 bits per heavy atom. The van der Waals surface area contributed by atoms with Crippen molar-refractivity contribution in [1.29, 1.82) is 0 Å². The van der Waals surface area contributed by atoms with E-state index in [0.29, 0.717) is 25.4 Å². The Morgan fingerprint density at radius 1 is 1.41 bits per heavy atom. The van der Waals surface area contributed by atoms with Crippen molar-refractivity contribution < 1.29 is 9.13 Å². The fourth-order valence-electron chi connectivity index (χ4n) is 2.92. The van der Waals surface area contributed by atoms with Crippen LogP contribution in [-0.4, -0.2) is 57.3 Å². The Hall–Kier alpha value is -1.35. The van der Waals surface area contributed by atoms with Gasteiger partial charge in [-0.1, -0.05) is 12.1 Å². The normalized spacial score (nSPS) is 14.5. The summed E-state index contributed by atoms with van der Waals surface area (Å²) in [6.45, 7) is 10.7. The molecule has 7 heteroatoms. The van der Waals surface area contributed by atoms with Gasteiger partial charge in [0.2, 0.25) is 0 Å². The van der Waals surface area contributed by atoms with Crippen LogP contribution in [0.15, 0.2) is 35.8 Å². The third-order valence-corrected chi connectivity index (χ3v) is 4.37. The highest BCUT2D eigenvalue weighted by molar-refractivity contribution is 14.0. The van der Waals surface area contributed by atoms with Crippen LogP contribution in [0.2, 0.25) is 0 Å². The Morgan fingerprint density at radius 3 is 2.78 bits per heavy atom. The summed E-state index contributed by atoms with van der Waals surface area (Å²) in [6.07, 6.45) is 3.95. The molecular weight excluding hydrogens is 458 g/mol. The highest BCUT2D eigenvalue weighted by Crippen LogP contribution is 2.22. The summed E-state index contributed by atoms with van der Waals surface area (Å²) in [4.78, 5) is 8.78. The van der Waals surface area contributed by atoms with E-state index >= 15 is 0 Å². The van der Waals surface area contributed by atoms with Gasteiger partial charge in [-0.2, -0.15) is 0 Å². The molecule has 2 rings (SSSR count). The number of benzene rings is 1. The summed E-state index contributed by atoms with van der Waals surface area (Å²) >= 11 is 0. The standard InChI is InChI=1S/C20H31FN4O.HI/c1-4-6-7-10-24(3)20(22-5-2)23-16-17-8-9-19(18(21)15-17)25-11-13-26-14-12-25;/h4,8-9,15H,1,5-7,10-14,16H2,2-3H3,(H,22,23);1H. The third kappa shape index (κ3) is 7.65.